The van der Waals surface area contributed by atoms with E-state index < -0.39 is 12.8 Å². The highest BCUT2D eigenvalue weighted by atomic mass is 19.4. The van der Waals surface area contributed by atoms with Gasteiger partial charge in [-0.05, 0) is 29.2 Å². The number of hydrogen-bond acceptors (Lipinski definition) is 3. The van der Waals surface area contributed by atoms with E-state index in [0.29, 0.717) is 12.0 Å². The Hall–Kier alpha value is -3.55. The number of rotatable bonds is 8. The van der Waals surface area contributed by atoms with Crippen molar-refractivity contribution in [2.75, 3.05) is 6.61 Å². The first-order chi connectivity index (χ1) is 14.9. The van der Waals surface area contributed by atoms with E-state index in [9.17, 15) is 18.0 Å². The van der Waals surface area contributed by atoms with Gasteiger partial charge in [0.05, 0.1) is 6.04 Å². The Morgan fingerprint density at radius 2 is 1.65 bits per heavy atom. The number of ether oxygens (including phenoxy) is 1. The summed E-state index contributed by atoms with van der Waals surface area (Å²) in [5, 5.41) is 5.69. The summed E-state index contributed by atoms with van der Waals surface area (Å²) in [6, 6.07) is 21.8. The summed E-state index contributed by atoms with van der Waals surface area (Å²) in [4.78, 5) is 16.3. The van der Waals surface area contributed by atoms with E-state index >= 15 is 0 Å². The highest BCUT2D eigenvalue weighted by Crippen LogP contribution is 2.19. The summed E-state index contributed by atoms with van der Waals surface area (Å²) in [6.45, 7) is -1.31. The minimum Gasteiger partial charge on any atom is -0.468 e. The zero-order valence-electron chi connectivity index (χ0n) is 16.6. The van der Waals surface area contributed by atoms with E-state index in [0.717, 1.165) is 11.1 Å². The van der Waals surface area contributed by atoms with Crippen molar-refractivity contribution in [1.82, 2.24) is 15.6 Å². The molecule has 0 radical (unpaired) electrons. The van der Waals surface area contributed by atoms with E-state index in [-0.39, 0.29) is 24.5 Å². The molecule has 5 nitrogen and oxygen atoms in total. The number of halogens is 3. The predicted octanol–water partition coefficient (Wildman–Crippen LogP) is 4.81. The van der Waals surface area contributed by atoms with Crippen molar-refractivity contribution in [3.8, 4) is 5.88 Å². The third kappa shape index (κ3) is 7.65. The molecule has 0 spiro atoms. The van der Waals surface area contributed by atoms with E-state index in [1.165, 1.54) is 12.3 Å². The molecule has 31 heavy (non-hydrogen) atoms. The lowest BCUT2D eigenvalue weighted by Gasteiger charge is -2.20. The number of amides is 2. The zero-order valence-corrected chi connectivity index (χ0v) is 16.6. The van der Waals surface area contributed by atoms with Crippen LogP contribution in [-0.4, -0.2) is 23.8 Å². The van der Waals surface area contributed by atoms with Crippen LogP contribution in [0.25, 0.3) is 0 Å². The molecule has 0 aliphatic carbocycles. The molecule has 0 bridgehead atoms. The Kier molecular flexibility index (Phi) is 7.48. The number of carbonyl (C=O) groups excluding carboxylic acids is 1. The monoisotopic (exact) mass is 429 g/mol. The zero-order chi connectivity index (χ0) is 22.1. The van der Waals surface area contributed by atoms with Gasteiger partial charge in [0.15, 0.2) is 6.61 Å². The first kappa shape index (κ1) is 22.1. The minimum absolute atomic E-state index is 0.115. The molecule has 0 aliphatic heterocycles. The molecule has 0 fully saturated rings. The second-order valence-corrected chi connectivity index (χ2v) is 6.89. The smallest absolute Gasteiger partial charge is 0.422 e. The number of nitrogens with zero attached hydrogens (tertiary/aromatic N) is 1. The minimum atomic E-state index is -4.44. The molecule has 3 rings (SSSR count). The maximum atomic E-state index is 12.5. The molecule has 0 aliphatic rings. The molecule has 1 unspecified atom stereocenters. The number of urea groups is 1. The molecule has 2 amide bonds. The SMILES string of the molecule is O=C(NCc1ccnc(OCC(F)(F)F)c1)NC(Cc1ccccc1)c1ccccc1. The van der Waals surface area contributed by atoms with Crippen molar-refractivity contribution in [3.63, 3.8) is 0 Å². The van der Waals surface area contributed by atoms with Crippen LogP contribution in [0.3, 0.4) is 0 Å². The quantitative estimate of drug-likeness (QED) is 0.540. The Labute approximate surface area is 178 Å². The van der Waals surface area contributed by atoms with Gasteiger partial charge in [-0.2, -0.15) is 13.2 Å². The predicted molar refractivity (Wildman–Crippen MR) is 110 cm³/mol. The second kappa shape index (κ2) is 10.5. The Balaban J connectivity index is 1.60. The summed E-state index contributed by atoms with van der Waals surface area (Å²) in [5.74, 6) is -0.150. The Bertz CT molecular complexity index is 967. The van der Waals surface area contributed by atoms with Crippen molar-refractivity contribution in [3.05, 3.63) is 95.7 Å². The lowest BCUT2D eigenvalue weighted by molar-refractivity contribution is -0.154. The van der Waals surface area contributed by atoms with E-state index in [2.05, 4.69) is 20.4 Å². The largest absolute Gasteiger partial charge is 0.468 e. The molecule has 0 saturated carbocycles. The molecule has 162 valence electrons. The van der Waals surface area contributed by atoms with E-state index in [1.807, 2.05) is 60.7 Å². The van der Waals surface area contributed by atoms with Crippen LogP contribution in [-0.2, 0) is 13.0 Å². The summed E-state index contributed by atoms with van der Waals surface area (Å²) >= 11 is 0. The van der Waals surface area contributed by atoms with Gasteiger partial charge < -0.3 is 15.4 Å². The molecular formula is C23H22F3N3O2. The summed E-state index contributed by atoms with van der Waals surface area (Å²) in [7, 11) is 0. The van der Waals surface area contributed by atoms with Crippen molar-refractivity contribution >= 4 is 6.03 Å². The van der Waals surface area contributed by atoms with E-state index in [4.69, 9.17) is 0 Å². The number of alkyl halides is 3. The Morgan fingerprint density at radius 1 is 0.968 bits per heavy atom. The number of carbonyl (C=O) groups is 1. The molecule has 3 aromatic rings. The normalized spacial score (nSPS) is 12.1. The highest BCUT2D eigenvalue weighted by Gasteiger charge is 2.28. The van der Waals surface area contributed by atoms with Crippen molar-refractivity contribution < 1.29 is 22.7 Å². The molecule has 2 N–H and O–H groups in total. The van der Waals surface area contributed by atoms with Gasteiger partial charge in [-0.25, -0.2) is 9.78 Å². The second-order valence-electron chi connectivity index (χ2n) is 6.89. The summed E-state index contributed by atoms with van der Waals surface area (Å²) in [6.07, 6.45) is -2.49. The summed E-state index contributed by atoms with van der Waals surface area (Å²) in [5.41, 5.74) is 2.62. The van der Waals surface area contributed by atoms with Crippen molar-refractivity contribution in [2.24, 2.45) is 0 Å². The molecular weight excluding hydrogens is 407 g/mol. The van der Waals surface area contributed by atoms with E-state index in [1.54, 1.807) is 6.07 Å². The molecule has 8 heteroatoms. The van der Waals surface area contributed by atoms with Gasteiger partial charge in [0.25, 0.3) is 0 Å². The number of pyridine rings is 1. The number of aromatic nitrogens is 1. The molecule has 0 saturated heterocycles. The van der Waals surface area contributed by atoms with Gasteiger partial charge in [0.1, 0.15) is 0 Å². The van der Waals surface area contributed by atoms with Gasteiger partial charge in [0.2, 0.25) is 5.88 Å². The van der Waals surface area contributed by atoms with Crippen LogP contribution < -0.4 is 15.4 Å². The molecule has 1 atom stereocenters. The van der Waals surface area contributed by atoms with Crippen LogP contribution in [0.2, 0.25) is 0 Å². The van der Waals surface area contributed by atoms with Crippen molar-refractivity contribution in [1.29, 1.82) is 0 Å². The van der Waals surface area contributed by atoms with Gasteiger partial charge in [-0.3, -0.25) is 0 Å². The van der Waals surface area contributed by atoms with Crippen LogP contribution >= 0.6 is 0 Å². The van der Waals surface area contributed by atoms with Crippen LogP contribution in [0.4, 0.5) is 18.0 Å². The fourth-order valence-corrected chi connectivity index (χ4v) is 2.97. The van der Waals surface area contributed by atoms with Gasteiger partial charge >= 0.3 is 12.2 Å². The van der Waals surface area contributed by atoms with Crippen LogP contribution in [0, 0.1) is 0 Å². The van der Waals surface area contributed by atoms with Gasteiger partial charge in [-0.1, -0.05) is 60.7 Å². The van der Waals surface area contributed by atoms with Crippen LogP contribution in [0.15, 0.2) is 79.0 Å². The average Bonchev–Trinajstić information content (AvgIpc) is 2.77. The first-order valence-corrected chi connectivity index (χ1v) is 9.67. The lowest BCUT2D eigenvalue weighted by Crippen LogP contribution is -2.38. The fraction of sp³-hybridized carbons (Fsp3) is 0.217. The molecule has 2 aromatic carbocycles. The lowest BCUT2D eigenvalue weighted by atomic mass is 9.99. The highest BCUT2D eigenvalue weighted by molar-refractivity contribution is 5.74. The maximum absolute atomic E-state index is 12.5. The van der Waals surface area contributed by atoms with Gasteiger partial charge in [-0.15, -0.1) is 0 Å². The topological polar surface area (TPSA) is 63.2 Å². The van der Waals surface area contributed by atoms with Gasteiger partial charge in [0, 0.05) is 18.8 Å². The molecule has 1 aromatic heterocycles. The third-order valence-corrected chi connectivity index (χ3v) is 4.43. The van der Waals surface area contributed by atoms with Crippen LogP contribution in [0.5, 0.6) is 5.88 Å². The first-order valence-electron chi connectivity index (χ1n) is 9.67. The third-order valence-electron chi connectivity index (χ3n) is 4.43. The Morgan fingerprint density at radius 3 is 2.32 bits per heavy atom. The fourth-order valence-electron chi connectivity index (χ4n) is 2.97. The average molecular weight is 429 g/mol. The summed E-state index contributed by atoms with van der Waals surface area (Å²) < 4.78 is 41.5. The number of hydrogen-bond donors (Lipinski definition) is 2. The standard InChI is InChI=1S/C23H22F3N3O2/c24-23(25,26)16-31-21-14-18(11-12-27-21)15-28-22(30)29-20(19-9-5-2-6-10-19)13-17-7-3-1-4-8-17/h1-12,14,20H,13,15-16H2,(H2,28,29,30). The van der Waals surface area contributed by atoms with Crippen LogP contribution in [0.1, 0.15) is 22.7 Å². The number of nitrogens with one attached hydrogen (secondary N) is 2. The molecule has 1 heterocycles. The number of benzene rings is 2. The van der Waals surface area contributed by atoms with Crippen molar-refractivity contribution in [2.45, 2.75) is 25.2 Å². The maximum Gasteiger partial charge on any atom is 0.422 e.